The van der Waals surface area contributed by atoms with E-state index < -0.39 is 10.7 Å². The summed E-state index contributed by atoms with van der Waals surface area (Å²) in [5, 5.41) is 46.0. The number of non-ortho nitro benzene ring substituents is 2. The van der Waals surface area contributed by atoms with E-state index in [4.69, 9.17) is 5.73 Å². The standard InChI is InChI=1S/C30H31N7O.C23H25N7O.C19H15BrN4O.C11H15N3O2.C11H17N3.C6H4FNO2.C5H12N2/c1-34-14-16-36(17-15-34)26-11-9-25(10-12-26)32-29-30(38)35(2)28-18-23(8-13-27(28)33-29)24-19-31-37(21-24)20-22-6-4-3-5-7-22;1-28-9-11-30(12-10-28)19-6-4-18(5-7-19)26-22-23(31)29(2)21-13-16(3-8-20(21)27-22)17-14-24-25-15-17;1-23-17-9-14(7-8-16(17)22-18(20)19(23)25)15-10-21-24(12-15)11-13-5-3-2-4-6-13;1-12-6-8-13(9-7-12)10-2-4-11(5-3-10)14(15)16;1-13-6-8-14(9-7-13)11-4-2-10(12)3-5-11;7-5-1-3-6(4-2-5)8(9)10;1-7-4-2-6-3-5-7/h3-13,18-19,21H,14-17,20H2,1-2H3,(H,32,33);3-8,13-15H,9-12H2,1-2H3,(H,24,25)(H,26,27);2-10,12H,11H2,1H3;2-5H,6-9H2,1H3;2-5H,6-9,12H2,1H3;1-4H;6H,2-5H2,1H3. The number of nitro benzene ring substituents is 2. The highest BCUT2D eigenvalue weighted by Crippen LogP contribution is 2.31. The first-order valence-corrected chi connectivity index (χ1v) is 47.7. The number of likely N-dealkylation sites (N-methyl/N-ethyl adjacent to an activating group) is 5. The van der Waals surface area contributed by atoms with Crippen LogP contribution in [0.15, 0.2) is 293 Å². The van der Waals surface area contributed by atoms with Crippen molar-refractivity contribution in [3.8, 4) is 33.4 Å². The molecule has 6 aromatic heterocycles. The van der Waals surface area contributed by atoms with Crippen LogP contribution in [-0.4, -0.2) is 259 Å². The fourth-order valence-corrected chi connectivity index (χ4v) is 17.1. The number of rotatable bonds is 17. The number of piperazine rings is 5. The first-order valence-electron chi connectivity index (χ1n) is 46.9. The highest BCUT2D eigenvalue weighted by molar-refractivity contribution is 9.10. The summed E-state index contributed by atoms with van der Waals surface area (Å²) in [4.78, 5) is 92.4. The summed E-state index contributed by atoms with van der Waals surface area (Å²) >= 11 is 3.21. The van der Waals surface area contributed by atoms with Gasteiger partial charge >= 0.3 is 0 Å². The van der Waals surface area contributed by atoms with Gasteiger partial charge in [-0.25, -0.2) is 19.3 Å². The molecule has 0 bridgehead atoms. The molecule has 0 unspecified atom stereocenters. The van der Waals surface area contributed by atoms with Crippen LogP contribution in [-0.2, 0) is 34.2 Å². The Balaban J connectivity index is 0.000000132. The van der Waals surface area contributed by atoms with Gasteiger partial charge in [0.15, 0.2) is 16.2 Å². The van der Waals surface area contributed by atoms with Crippen molar-refractivity contribution in [2.75, 3.05) is 202 Å². The molecular weight excluding hydrogens is 1850 g/mol. The summed E-state index contributed by atoms with van der Waals surface area (Å²) < 4.78 is 21.2. The molecule has 730 valence electrons. The lowest BCUT2D eigenvalue weighted by molar-refractivity contribution is -0.385. The lowest BCUT2D eigenvalue weighted by atomic mass is 10.1. The van der Waals surface area contributed by atoms with Gasteiger partial charge in [0.25, 0.3) is 28.1 Å². The van der Waals surface area contributed by atoms with E-state index in [-0.39, 0.29) is 33.0 Å². The SMILES string of the molecule is CN1CCN(c2ccc(N)cc2)CC1.CN1CCN(c2ccc(Nc3nc4ccc(-c5cn[nH]c5)cc4n(C)c3=O)cc2)CC1.CN1CCN(c2ccc(Nc3nc4ccc(-c5cnn(Cc6ccccc6)c5)cc4n(C)c3=O)cc2)CC1.CN1CCN(c2ccc([N+](=O)[O-])cc2)CC1.CN1CCNCC1.Cn1c(=O)c(Br)nc2ccc(-c3cnn(Cc4ccccc4)c3)cc21.O=[N+]([O-])c1ccc(F)cc1. The Morgan fingerprint density at radius 2 is 0.716 bits per heavy atom. The average molecular weight is 1970 g/mol. The number of fused-ring (bicyclic) bond motifs is 3. The second-order valence-electron chi connectivity index (χ2n) is 35.5. The predicted octanol–water partition coefficient (Wildman–Crippen LogP) is 14.4. The molecule has 21 rings (SSSR count). The van der Waals surface area contributed by atoms with Crippen LogP contribution in [0.1, 0.15) is 11.1 Å². The number of aryl methyl sites for hydroxylation is 3. The number of aromatic amines is 1. The number of hydrogen-bond acceptors (Lipinski definition) is 26. The largest absolute Gasteiger partial charge is 0.399 e. The highest BCUT2D eigenvalue weighted by Gasteiger charge is 2.22. The van der Waals surface area contributed by atoms with Crippen molar-refractivity contribution < 1.29 is 14.2 Å². The summed E-state index contributed by atoms with van der Waals surface area (Å²) in [7, 11) is 16.0. The second kappa shape index (κ2) is 47.9. The van der Waals surface area contributed by atoms with Crippen molar-refractivity contribution in [1.29, 1.82) is 0 Å². The van der Waals surface area contributed by atoms with Crippen LogP contribution in [0.25, 0.3) is 66.5 Å². The van der Waals surface area contributed by atoms with Gasteiger partial charge in [0.05, 0.1) is 74.6 Å². The van der Waals surface area contributed by atoms with Crippen LogP contribution in [0.2, 0.25) is 0 Å². The second-order valence-corrected chi connectivity index (χ2v) is 36.2. The number of nitrogens with two attached hydrogens (primary N) is 1. The fourth-order valence-electron chi connectivity index (χ4n) is 16.6. The molecule has 5 fully saturated rings. The van der Waals surface area contributed by atoms with Crippen molar-refractivity contribution in [1.82, 2.24) is 88.2 Å². The van der Waals surface area contributed by atoms with Gasteiger partial charge in [-0.3, -0.25) is 49.1 Å². The predicted molar refractivity (Wildman–Crippen MR) is 565 cm³/mol. The molecule has 11 heterocycles. The van der Waals surface area contributed by atoms with E-state index >= 15 is 0 Å². The van der Waals surface area contributed by atoms with E-state index in [1.165, 1.54) is 41.3 Å². The Bertz CT molecular complexity index is 7000. The molecule has 0 aliphatic carbocycles. The summed E-state index contributed by atoms with van der Waals surface area (Å²) in [5.74, 6) is 0.166. The smallest absolute Gasteiger partial charge is 0.293 e. The number of nitrogens with zero attached hydrogens (tertiary/aromatic N) is 22. The molecular formula is C105H119BrFN27O7. The molecule has 141 heavy (non-hydrogen) atoms. The minimum absolute atomic E-state index is 0.0959. The van der Waals surface area contributed by atoms with E-state index in [1.807, 2.05) is 180 Å². The number of nitrogen functional groups attached to an aromatic ring is 1. The number of aromatic nitrogens is 12. The van der Waals surface area contributed by atoms with Crippen LogP contribution in [0, 0.1) is 26.0 Å². The topological polar surface area (TPSA) is 347 Å². The van der Waals surface area contributed by atoms with Crippen molar-refractivity contribution in [3.05, 3.63) is 347 Å². The lowest BCUT2D eigenvalue weighted by Crippen LogP contribution is -2.44. The number of nitrogens with one attached hydrogen (secondary N) is 4. The summed E-state index contributed by atoms with van der Waals surface area (Å²) in [5.41, 5.74) is 25.5. The molecule has 6 N–H and O–H groups in total. The third-order valence-corrected chi connectivity index (χ3v) is 25.9. The minimum Gasteiger partial charge on any atom is -0.399 e. The summed E-state index contributed by atoms with van der Waals surface area (Å²) in [6.07, 6.45) is 11.3. The maximum Gasteiger partial charge on any atom is 0.293 e. The Labute approximate surface area is 825 Å². The number of benzene rings is 10. The third-order valence-electron chi connectivity index (χ3n) is 25.4. The molecule has 10 aromatic carbocycles. The highest BCUT2D eigenvalue weighted by atomic mass is 79.9. The van der Waals surface area contributed by atoms with E-state index in [9.17, 15) is 39.0 Å². The third kappa shape index (κ3) is 27.3. The molecule has 34 nitrogen and oxygen atoms in total. The monoisotopic (exact) mass is 1970 g/mol. The van der Waals surface area contributed by atoms with Crippen molar-refractivity contribution in [3.63, 3.8) is 0 Å². The maximum absolute atomic E-state index is 13.2. The Morgan fingerprint density at radius 1 is 0.383 bits per heavy atom. The van der Waals surface area contributed by atoms with E-state index in [0.29, 0.717) is 22.8 Å². The zero-order valence-electron chi connectivity index (χ0n) is 80.6. The molecule has 0 amide bonds. The Hall–Kier alpha value is -15.2. The minimum atomic E-state index is -0.570. The van der Waals surface area contributed by atoms with Gasteiger partial charge in [-0.1, -0.05) is 78.9 Å². The van der Waals surface area contributed by atoms with Crippen molar-refractivity contribution in [2.24, 2.45) is 21.1 Å². The zero-order valence-corrected chi connectivity index (χ0v) is 82.2. The quantitative estimate of drug-likeness (QED) is 0.0321. The number of halogens is 2. The van der Waals surface area contributed by atoms with Crippen molar-refractivity contribution >= 4 is 112 Å². The first-order chi connectivity index (χ1) is 68.2. The zero-order chi connectivity index (χ0) is 99.0. The Morgan fingerprint density at radius 3 is 1.06 bits per heavy atom. The first kappa shape index (κ1) is 100. The molecule has 36 heteroatoms. The van der Waals surface area contributed by atoms with Crippen molar-refractivity contribution in [2.45, 2.75) is 13.1 Å². The number of H-pyrrole nitrogens is 1. The molecule has 5 saturated heterocycles. The number of nitro groups is 2. The van der Waals surface area contributed by atoms with Gasteiger partial charge in [-0.2, -0.15) is 15.3 Å². The van der Waals surface area contributed by atoms with Gasteiger partial charge in [0.1, 0.15) is 5.82 Å². The van der Waals surface area contributed by atoms with Gasteiger partial charge < -0.3 is 79.5 Å². The molecule has 16 aromatic rings. The Kier molecular flexibility index (Phi) is 34.1. The normalized spacial score (nSPS) is 14.8. The van der Waals surface area contributed by atoms with Gasteiger partial charge in [0, 0.05) is 251 Å². The number of anilines is 9. The fraction of sp³-hybridized carbons (Fsp3) is 0.286. The lowest BCUT2D eigenvalue weighted by Gasteiger charge is -2.34. The van der Waals surface area contributed by atoms with Gasteiger partial charge in [-0.15, -0.1) is 0 Å². The summed E-state index contributed by atoms with van der Waals surface area (Å²) in [6, 6.07) is 73.9. The maximum atomic E-state index is 13.2. The van der Waals surface area contributed by atoms with E-state index in [1.54, 1.807) is 53.2 Å². The average Bonchev–Trinajstić information content (AvgIpc) is 1.75. The van der Waals surface area contributed by atoms with E-state index in [2.05, 4.69) is 207 Å². The molecule has 5 aliphatic rings. The number of hydrogen-bond donors (Lipinski definition) is 5. The molecule has 0 radical (unpaired) electrons. The molecule has 0 atom stereocenters. The summed E-state index contributed by atoms with van der Waals surface area (Å²) in [6.45, 7) is 23.1. The van der Waals surface area contributed by atoms with Crippen LogP contribution >= 0.6 is 15.9 Å². The van der Waals surface area contributed by atoms with Crippen LogP contribution in [0.4, 0.5) is 67.2 Å². The van der Waals surface area contributed by atoms with Crippen LogP contribution < -0.4 is 58.0 Å². The van der Waals surface area contributed by atoms with Crippen LogP contribution in [0.5, 0.6) is 0 Å². The van der Waals surface area contributed by atoms with Crippen LogP contribution in [0.3, 0.4) is 0 Å². The van der Waals surface area contributed by atoms with Gasteiger partial charge in [0.2, 0.25) is 0 Å². The van der Waals surface area contributed by atoms with E-state index in [0.717, 1.165) is 238 Å². The molecule has 0 saturated carbocycles. The van der Waals surface area contributed by atoms with Gasteiger partial charge in [-0.05, 0) is 212 Å². The molecule has 0 spiro atoms. The molecule has 5 aliphatic heterocycles.